The zero-order valence-electron chi connectivity index (χ0n) is 6.57. The van der Waals surface area contributed by atoms with Crippen LogP contribution in [0.15, 0.2) is 18.2 Å². The molecule has 0 spiro atoms. The summed E-state index contributed by atoms with van der Waals surface area (Å²) in [5.74, 6) is -2.40. The van der Waals surface area contributed by atoms with Crippen LogP contribution in [0.25, 0.3) is 0 Å². The Morgan fingerprint density at radius 3 is 2.62 bits per heavy atom. The molecule has 4 N–H and O–H groups in total. The summed E-state index contributed by atoms with van der Waals surface area (Å²) in [6.45, 7) is 0. The Morgan fingerprint density at radius 1 is 1.54 bits per heavy atom. The lowest BCUT2D eigenvalue weighted by atomic mass is 10.1. The lowest BCUT2D eigenvalue weighted by Gasteiger charge is -2.07. The number of phenols is 1. The summed E-state index contributed by atoms with van der Waals surface area (Å²) in [5, 5.41) is 17.3. The zero-order valence-corrected chi connectivity index (χ0v) is 6.57. The van der Waals surface area contributed by atoms with Crippen LogP contribution in [-0.2, 0) is 4.79 Å². The van der Waals surface area contributed by atoms with Gasteiger partial charge >= 0.3 is 5.97 Å². The second-order valence-electron chi connectivity index (χ2n) is 2.52. The molecule has 4 nitrogen and oxygen atoms in total. The van der Waals surface area contributed by atoms with E-state index in [1.165, 1.54) is 6.07 Å². The molecule has 1 unspecified atom stereocenters. The van der Waals surface area contributed by atoms with Crippen LogP contribution in [0.2, 0.25) is 0 Å². The molecular weight excluding hydrogens is 177 g/mol. The van der Waals surface area contributed by atoms with Crippen molar-refractivity contribution in [3.63, 3.8) is 0 Å². The van der Waals surface area contributed by atoms with Crippen LogP contribution in [-0.4, -0.2) is 16.2 Å². The molecule has 0 fully saturated rings. The van der Waals surface area contributed by atoms with E-state index in [1.54, 1.807) is 0 Å². The standard InChI is InChI=1S/C8H8FNO3/c9-6-3-4(11)1-2-5(6)7(10)8(12)13/h1-3,7,11H,10H2,(H,12,13). The van der Waals surface area contributed by atoms with Gasteiger partial charge in [-0.15, -0.1) is 0 Å². The highest BCUT2D eigenvalue weighted by Crippen LogP contribution is 2.19. The summed E-state index contributed by atoms with van der Waals surface area (Å²) in [5.41, 5.74) is 5.02. The van der Waals surface area contributed by atoms with Crippen molar-refractivity contribution in [2.75, 3.05) is 0 Å². The number of carboxylic acid groups (broad SMARTS) is 1. The third-order valence-corrected chi connectivity index (χ3v) is 1.59. The van der Waals surface area contributed by atoms with Gasteiger partial charge in [0, 0.05) is 11.6 Å². The van der Waals surface area contributed by atoms with Crippen LogP contribution in [0.4, 0.5) is 4.39 Å². The molecule has 1 rings (SSSR count). The first-order chi connectivity index (χ1) is 6.02. The number of carboxylic acids is 1. The van der Waals surface area contributed by atoms with E-state index in [0.717, 1.165) is 12.1 Å². The molecule has 0 bridgehead atoms. The average Bonchev–Trinajstić information content (AvgIpc) is 2.03. The van der Waals surface area contributed by atoms with E-state index in [4.69, 9.17) is 15.9 Å². The molecule has 0 heterocycles. The second kappa shape index (κ2) is 3.40. The molecule has 1 aromatic rings. The van der Waals surface area contributed by atoms with E-state index in [2.05, 4.69) is 0 Å². The third kappa shape index (κ3) is 1.94. The molecule has 5 heteroatoms. The summed E-state index contributed by atoms with van der Waals surface area (Å²) in [7, 11) is 0. The van der Waals surface area contributed by atoms with Crippen molar-refractivity contribution in [1.29, 1.82) is 0 Å². The molecule has 1 aromatic carbocycles. The van der Waals surface area contributed by atoms with E-state index in [1.807, 2.05) is 0 Å². The number of benzene rings is 1. The lowest BCUT2D eigenvalue weighted by Crippen LogP contribution is -2.21. The largest absolute Gasteiger partial charge is 0.508 e. The number of halogens is 1. The molecule has 0 saturated heterocycles. The third-order valence-electron chi connectivity index (χ3n) is 1.59. The summed E-state index contributed by atoms with van der Waals surface area (Å²) in [6, 6.07) is 1.74. The molecule has 0 radical (unpaired) electrons. The maximum Gasteiger partial charge on any atom is 0.325 e. The van der Waals surface area contributed by atoms with Gasteiger partial charge in [-0.1, -0.05) is 6.07 Å². The fraction of sp³-hybridized carbons (Fsp3) is 0.125. The smallest absolute Gasteiger partial charge is 0.325 e. The number of rotatable bonds is 2. The van der Waals surface area contributed by atoms with Crippen LogP contribution in [0.5, 0.6) is 5.75 Å². The van der Waals surface area contributed by atoms with Gasteiger partial charge in [-0.05, 0) is 6.07 Å². The topological polar surface area (TPSA) is 83.6 Å². The van der Waals surface area contributed by atoms with Crippen LogP contribution >= 0.6 is 0 Å². The minimum atomic E-state index is -1.40. The number of hydrogen-bond donors (Lipinski definition) is 3. The summed E-state index contributed by atoms with van der Waals surface area (Å²) < 4.78 is 13.0. The molecule has 1 atom stereocenters. The summed E-state index contributed by atoms with van der Waals surface area (Å²) in [6.07, 6.45) is 0. The predicted molar refractivity (Wildman–Crippen MR) is 42.6 cm³/mol. The number of aliphatic carboxylic acids is 1. The maximum atomic E-state index is 13.0. The number of nitrogens with two attached hydrogens (primary N) is 1. The molecular formula is C8H8FNO3. The van der Waals surface area contributed by atoms with Crippen molar-refractivity contribution in [2.45, 2.75) is 6.04 Å². The summed E-state index contributed by atoms with van der Waals surface area (Å²) >= 11 is 0. The van der Waals surface area contributed by atoms with Crippen molar-refractivity contribution < 1.29 is 19.4 Å². The predicted octanol–water partition coefficient (Wildman–Crippen LogP) is 0.616. The Hall–Kier alpha value is -1.62. The quantitative estimate of drug-likeness (QED) is 0.630. The van der Waals surface area contributed by atoms with Crippen molar-refractivity contribution in [2.24, 2.45) is 5.73 Å². The zero-order chi connectivity index (χ0) is 10.0. The van der Waals surface area contributed by atoms with Gasteiger partial charge in [0.2, 0.25) is 0 Å². The molecule has 0 aliphatic carbocycles. The Balaban J connectivity index is 3.08. The van der Waals surface area contributed by atoms with Crippen molar-refractivity contribution in [1.82, 2.24) is 0 Å². The highest BCUT2D eigenvalue weighted by atomic mass is 19.1. The number of hydrogen-bond acceptors (Lipinski definition) is 3. The summed E-state index contributed by atoms with van der Waals surface area (Å²) in [4.78, 5) is 10.4. The highest BCUT2D eigenvalue weighted by molar-refractivity contribution is 5.75. The van der Waals surface area contributed by atoms with E-state index < -0.39 is 17.8 Å². The molecule has 0 aliphatic heterocycles. The van der Waals surface area contributed by atoms with Crippen molar-refractivity contribution >= 4 is 5.97 Å². The van der Waals surface area contributed by atoms with Crippen LogP contribution in [0.3, 0.4) is 0 Å². The number of carbonyl (C=O) groups is 1. The van der Waals surface area contributed by atoms with Crippen LogP contribution in [0.1, 0.15) is 11.6 Å². The SMILES string of the molecule is NC(C(=O)O)c1ccc(O)cc1F. The van der Waals surface area contributed by atoms with E-state index >= 15 is 0 Å². The Morgan fingerprint density at radius 2 is 2.15 bits per heavy atom. The molecule has 0 aromatic heterocycles. The first-order valence-corrected chi connectivity index (χ1v) is 3.49. The minimum absolute atomic E-state index is 0.148. The van der Waals surface area contributed by atoms with Gasteiger partial charge in [-0.25, -0.2) is 4.39 Å². The van der Waals surface area contributed by atoms with Crippen molar-refractivity contribution in [3.8, 4) is 5.75 Å². The lowest BCUT2D eigenvalue weighted by molar-refractivity contribution is -0.138. The maximum absolute atomic E-state index is 13.0. The minimum Gasteiger partial charge on any atom is -0.508 e. The molecule has 70 valence electrons. The first kappa shape index (κ1) is 9.47. The van der Waals surface area contributed by atoms with Gasteiger partial charge in [0.15, 0.2) is 0 Å². The first-order valence-electron chi connectivity index (χ1n) is 3.49. The van der Waals surface area contributed by atoms with Crippen LogP contribution < -0.4 is 5.73 Å². The molecule has 0 aliphatic rings. The Labute approximate surface area is 73.4 Å². The van der Waals surface area contributed by atoms with E-state index in [9.17, 15) is 9.18 Å². The van der Waals surface area contributed by atoms with Gasteiger partial charge in [-0.3, -0.25) is 4.79 Å². The monoisotopic (exact) mass is 185 g/mol. The van der Waals surface area contributed by atoms with Gasteiger partial charge in [0.25, 0.3) is 0 Å². The Bertz CT molecular complexity index is 340. The number of aromatic hydroxyl groups is 1. The van der Waals surface area contributed by atoms with E-state index in [-0.39, 0.29) is 11.3 Å². The van der Waals surface area contributed by atoms with Gasteiger partial charge in [0.1, 0.15) is 17.6 Å². The Kier molecular flexibility index (Phi) is 2.48. The fourth-order valence-corrected chi connectivity index (χ4v) is 0.901. The normalized spacial score (nSPS) is 12.5. The van der Waals surface area contributed by atoms with Crippen LogP contribution in [0, 0.1) is 5.82 Å². The average molecular weight is 185 g/mol. The number of phenolic OH excluding ortho intramolecular Hbond substituents is 1. The van der Waals surface area contributed by atoms with Crippen molar-refractivity contribution in [3.05, 3.63) is 29.6 Å². The molecule has 0 amide bonds. The molecule has 13 heavy (non-hydrogen) atoms. The molecule has 0 saturated carbocycles. The second-order valence-corrected chi connectivity index (χ2v) is 2.52. The van der Waals surface area contributed by atoms with Gasteiger partial charge in [0.05, 0.1) is 0 Å². The van der Waals surface area contributed by atoms with E-state index in [0.29, 0.717) is 0 Å². The fourth-order valence-electron chi connectivity index (χ4n) is 0.901. The van der Waals surface area contributed by atoms with Gasteiger partial charge in [-0.2, -0.15) is 0 Å². The highest BCUT2D eigenvalue weighted by Gasteiger charge is 2.18. The van der Waals surface area contributed by atoms with Gasteiger partial charge < -0.3 is 15.9 Å².